The molecule has 0 aromatic heterocycles. The third-order valence-electron chi connectivity index (χ3n) is 8.36. The molecule has 2 rings (SSSR count). The summed E-state index contributed by atoms with van der Waals surface area (Å²) >= 11 is 0. The predicted molar refractivity (Wildman–Crippen MR) is 162 cm³/mol. The zero-order valence-corrected chi connectivity index (χ0v) is 25.9. The molecule has 0 aliphatic carbocycles. The van der Waals surface area contributed by atoms with Gasteiger partial charge in [0.15, 0.2) is 6.61 Å². The van der Waals surface area contributed by atoms with Gasteiger partial charge < -0.3 is 20.3 Å². The number of carbonyl (C=O) groups excluding carboxylic acids is 1. The number of aliphatic hydroxyl groups excluding tert-OH is 1. The van der Waals surface area contributed by atoms with E-state index < -0.39 is 17.9 Å². The van der Waals surface area contributed by atoms with Crippen molar-refractivity contribution in [3.05, 3.63) is 64.2 Å². The van der Waals surface area contributed by atoms with Crippen molar-refractivity contribution in [2.24, 2.45) is 5.41 Å². The number of unbranched alkanes of at least 4 members (excludes halogenated alkanes) is 1. The third kappa shape index (κ3) is 8.57. The molecule has 0 fully saturated rings. The molecular weight excluding hydrogens is 502 g/mol. The van der Waals surface area contributed by atoms with Crippen molar-refractivity contribution in [1.82, 2.24) is 5.32 Å². The summed E-state index contributed by atoms with van der Waals surface area (Å²) in [5, 5.41) is 22.4. The Hall–Kier alpha value is -2.86. The van der Waals surface area contributed by atoms with Gasteiger partial charge in [0.05, 0.1) is 6.10 Å². The van der Waals surface area contributed by atoms with Crippen molar-refractivity contribution in [2.75, 3.05) is 6.61 Å². The molecule has 0 spiro atoms. The number of carboxylic acid groups (broad SMARTS) is 1. The van der Waals surface area contributed by atoms with Crippen molar-refractivity contribution in [2.45, 2.75) is 118 Å². The summed E-state index contributed by atoms with van der Waals surface area (Å²) in [5.41, 5.74) is 5.63. The van der Waals surface area contributed by atoms with Gasteiger partial charge in [-0.15, -0.1) is 0 Å². The molecule has 40 heavy (non-hydrogen) atoms. The lowest BCUT2D eigenvalue weighted by Gasteiger charge is -2.34. The molecule has 0 radical (unpaired) electrons. The number of hydrogen-bond acceptors (Lipinski definition) is 4. The van der Waals surface area contributed by atoms with E-state index in [0.717, 1.165) is 44.1 Å². The van der Waals surface area contributed by atoms with Crippen molar-refractivity contribution in [1.29, 1.82) is 0 Å². The number of aliphatic hydroxyl groups is 1. The molecule has 0 aliphatic heterocycles. The number of carbonyl (C=O) groups is 2. The quantitative estimate of drug-likeness (QED) is 0.223. The second-order valence-corrected chi connectivity index (χ2v) is 12.2. The summed E-state index contributed by atoms with van der Waals surface area (Å²) in [4.78, 5) is 23.8. The number of nitrogens with one attached hydrogen (secondary N) is 1. The standard InChI is InChI=1S/C34H51NO5/c1-9-12-13-28(32(38)39)35-31(37)22-40-29-18-17-27(21-24(29)5)34(10-2,11-3)26-16-14-25(23(4)20-26)15-19-30(36)33(6,7)8/h14,16-18,20-21,28,30,36H,9-13,15,19,22H2,1-8H3,(H,35,37)(H,38,39)/t28-,30?/m1/s1. The van der Waals surface area contributed by atoms with Gasteiger partial charge in [-0.25, -0.2) is 4.79 Å². The fourth-order valence-corrected chi connectivity index (χ4v) is 5.39. The maximum absolute atomic E-state index is 12.4. The minimum absolute atomic E-state index is 0.125. The van der Waals surface area contributed by atoms with E-state index in [-0.39, 0.29) is 23.5 Å². The first-order valence-corrected chi connectivity index (χ1v) is 14.8. The number of ether oxygens (including phenoxy) is 1. The largest absolute Gasteiger partial charge is 0.484 e. The Balaban J connectivity index is 2.20. The van der Waals surface area contributed by atoms with Crippen molar-refractivity contribution in [3.63, 3.8) is 0 Å². The minimum Gasteiger partial charge on any atom is -0.484 e. The first-order valence-electron chi connectivity index (χ1n) is 14.8. The number of hydrogen-bond donors (Lipinski definition) is 3. The molecular formula is C34H51NO5. The van der Waals surface area contributed by atoms with E-state index in [4.69, 9.17) is 4.74 Å². The zero-order valence-electron chi connectivity index (χ0n) is 25.9. The fraction of sp³-hybridized carbons (Fsp3) is 0.588. The Kier molecular flexibility index (Phi) is 12.2. The number of carboxylic acids is 1. The van der Waals surface area contributed by atoms with Gasteiger partial charge in [0.1, 0.15) is 11.8 Å². The molecule has 0 heterocycles. The van der Waals surface area contributed by atoms with E-state index in [1.807, 2.05) is 19.9 Å². The highest BCUT2D eigenvalue weighted by Crippen LogP contribution is 2.41. The Morgan fingerprint density at radius 2 is 1.52 bits per heavy atom. The molecule has 3 N–H and O–H groups in total. The van der Waals surface area contributed by atoms with Gasteiger partial charge in [-0.05, 0) is 85.3 Å². The number of benzene rings is 2. The summed E-state index contributed by atoms with van der Waals surface area (Å²) in [5.74, 6) is -0.845. The van der Waals surface area contributed by atoms with E-state index in [1.165, 1.54) is 22.3 Å². The first-order chi connectivity index (χ1) is 18.8. The molecule has 2 aromatic carbocycles. The number of aliphatic carboxylic acids is 1. The molecule has 0 aliphatic rings. The maximum atomic E-state index is 12.4. The van der Waals surface area contributed by atoms with Gasteiger partial charge in [-0.3, -0.25) is 4.79 Å². The third-order valence-corrected chi connectivity index (χ3v) is 8.36. The predicted octanol–water partition coefficient (Wildman–Crippen LogP) is 6.89. The van der Waals surface area contributed by atoms with Gasteiger partial charge in [0.2, 0.25) is 0 Å². The van der Waals surface area contributed by atoms with Crippen LogP contribution in [0.4, 0.5) is 0 Å². The highest BCUT2D eigenvalue weighted by atomic mass is 16.5. The lowest BCUT2D eigenvalue weighted by atomic mass is 9.69. The van der Waals surface area contributed by atoms with Crippen molar-refractivity contribution >= 4 is 11.9 Å². The molecule has 0 saturated carbocycles. The van der Waals surface area contributed by atoms with Crippen molar-refractivity contribution in [3.8, 4) is 5.75 Å². The first kappa shape index (κ1) is 33.3. The van der Waals surface area contributed by atoms with Crippen LogP contribution >= 0.6 is 0 Å². The van der Waals surface area contributed by atoms with Crippen LogP contribution in [0.5, 0.6) is 5.75 Å². The lowest BCUT2D eigenvalue weighted by Crippen LogP contribution is -2.42. The SMILES string of the molecule is CCCC[C@@H](NC(=O)COc1ccc(C(CC)(CC)c2ccc(CCC(O)C(C)(C)C)c(C)c2)cc1C)C(=O)O. The molecule has 2 atom stereocenters. The van der Waals surface area contributed by atoms with Crippen LogP contribution in [0.15, 0.2) is 36.4 Å². The second kappa shape index (κ2) is 14.7. The molecule has 2 aromatic rings. The Morgan fingerprint density at radius 1 is 0.925 bits per heavy atom. The summed E-state index contributed by atoms with van der Waals surface area (Å²) in [6, 6.07) is 12.0. The van der Waals surface area contributed by atoms with Gasteiger partial charge in [0.25, 0.3) is 5.91 Å². The number of amides is 1. The molecule has 6 heteroatoms. The van der Waals surface area contributed by atoms with Crippen LogP contribution in [-0.2, 0) is 21.4 Å². The van der Waals surface area contributed by atoms with Crippen LogP contribution in [0.25, 0.3) is 0 Å². The van der Waals surface area contributed by atoms with Crippen LogP contribution in [0.1, 0.15) is 108 Å². The fourth-order valence-electron chi connectivity index (χ4n) is 5.39. The highest BCUT2D eigenvalue weighted by molar-refractivity contribution is 5.84. The average molecular weight is 554 g/mol. The van der Waals surface area contributed by atoms with E-state index in [2.05, 4.69) is 77.2 Å². The molecule has 1 unspecified atom stereocenters. The summed E-state index contributed by atoms with van der Waals surface area (Å²) in [6.45, 7) is 16.5. The molecule has 1 amide bonds. The highest BCUT2D eigenvalue weighted by Gasteiger charge is 2.32. The maximum Gasteiger partial charge on any atom is 0.326 e. The van der Waals surface area contributed by atoms with Crippen LogP contribution in [0.3, 0.4) is 0 Å². The van der Waals surface area contributed by atoms with E-state index in [1.54, 1.807) is 0 Å². The minimum atomic E-state index is -1.02. The second-order valence-electron chi connectivity index (χ2n) is 12.2. The Labute approximate surface area is 241 Å². The Morgan fingerprint density at radius 3 is 2.02 bits per heavy atom. The van der Waals surface area contributed by atoms with Gasteiger partial charge >= 0.3 is 5.97 Å². The molecule has 222 valence electrons. The lowest BCUT2D eigenvalue weighted by molar-refractivity contribution is -0.142. The summed E-state index contributed by atoms with van der Waals surface area (Å²) in [7, 11) is 0. The van der Waals surface area contributed by atoms with Crippen molar-refractivity contribution < 1.29 is 24.5 Å². The normalized spacial score (nSPS) is 13.5. The topological polar surface area (TPSA) is 95.9 Å². The molecule has 0 bridgehead atoms. The van der Waals surface area contributed by atoms with Crippen LogP contribution < -0.4 is 10.1 Å². The van der Waals surface area contributed by atoms with Crippen LogP contribution in [0.2, 0.25) is 0 Å². The van der Waals surface area contributed by atoms with Crippen LogP contribution in [-0.4, -0.2) is 40.8 Å². The smallest absolute Gasteiger partial charge is 0.326 e. The zero-order chi connectivity index (χ0) is 30.1. The summed E-state index contributed by atoms with van der Waals surface area (Å²) < 4.78 is 5.80. The average Bonchev–Trinajstić information content (AvgIpc) is 2.90. The summed E-state index contributed by atoms with van der Waals surface area (Å²) in [6.07, 6.45) is 5.11. The monoisotopic (exact) mass is 553 g/mol. The van der Waals surface area contributed by atoms with Crippen LogP contribution in [0, 0.1) is 19.3 Å². The molecule has 0 saturated heterocycles. The number of rotatable bonds is 15. The van der Waals surface area contributed by atoms with E-state index >= 15 is 0 Å². The van der Waals surface area contributed by atoms with Gasteiger partial charge in [-0.2, -0.15) is 0 Å². The van der Waals surface area contributed by atoms with E-state index in [0.29, 0.717) is 12.2 Å². The van der Waals surface area contributed by atoms with E-state index in [9.17, 15) is 19.8 Å². The van der Waals surface area contributed by atoms with Gasteiger partial charge in [-0.1, -0.05) is 84.7 Å². The Bertz CT molecular complexity index is 1130. The number of aryl methyl sites for hydroxylation is 3. The van der Waals surface area contributed by atoms with Gasteiger partial charge in [0, 0.05) is 5.41 Å². The molecule has 6 nitrogen and oxygen atoms in total.